The van der Waals surface area contributed by atoms with Crippen molar-refractivity contribution in [2.45, 2.75) is 31.5 Å². The SMILES string of the molecule is O=C(N[C@@H]1CCN(Cc2ccccc2)C1)[C@H]1Cc2cc(Cl)ccc2O1. The van der Waals surface area contributed by atoms with Crippen LogP contribution in [0.15, 0.2) is 48.5 Å². The molecule has 1 fully saturated rings. The fraction of sp³-hybridized carbons (Fsp3) is 0.350. The highest BCUT2D eigenvalue weighted by Crippen LogP contribution is 2.31. The molecule has 1 N–H and O–H groups in total. The summed E-state index contributed by atoms with van der Waals surface area (Å²) in [6.07, 6.45) is 1.11. The molecular formula is C20H21ClN2O2. The van der Waals surface area contributed by atoms with E-state index in [1.165, 1.54) is 5.56 Å². The van der Waals surface area contributed by atoms with Crippen molar-refractivity contribution in [2.24, 2.45) is 0 Å². The van der Waals surface area contributed by atoms with Crippen molar-refractivity contribution in [3.8, 4) is 5.75 Å². The molecule has 2 aliphatic rings. The van der Waals surface area contributed by atoms with Gasteiger partial charge in [0.2, 0.25) is 0 Å². The van der Waals surface area contributed by atoms with E-state index in [-0.39, 0.29) is 11.9 Å². The first-order chi connectivity index (χ1) is 12.2. The number of hydrogen-bond acceptors (Lipinski definition) is 3. The van der Waals surface area contributed by atoms with Crippen molar-refractivity contribution >= 4 is 17.5 Å². The summed E-state index contributed by atoms with van der Waals surface area (Å²) in [5.41, 5.74) is 2.31. The van der Waals surface area contributed by atoms with E-state index in [2.05, 4.69) is 34.5 Å². The molecule has 130 valence electrons. The van der Waals surface area contributed by atoms with Gasteiger partial charge in [-0.3, -0.25) is 9.69 Å². The number of nitrogens with one attached hydrogen (secondary N) is 1. The van der Waals surface area contributed by atoms with E-state index in [9.17, 15) is 4.79 Å². The Morgan fingerprint density at radius 1 is 1.24 bits per heavy atom. The number of rotatable bonds is 4. The molecule has 2 heterocycles. The molecule has 25 heavy (non-hydrogen) atoms. The molecule has 0 spiro atoms. The highest BCUT2D eigenvalue weighted by Gasteiger charge is 2.32. The molecule has 2 aliphatic heterocycles. The van der Waals surface area contributed by atoms with E-state index in [0.29, 0.717) is 11.4 Å². The Labute approximate surface area is 152 Å². The van der Waals surface area contributed by atoms with Gasteiger partial charge in [0.1, 0.15) is 5.75 Å². The highest BCUT2D eigenvalue weighted by atomic mass is 35.5. The van der Waals surface area contributed by atoms with Gasteiger partial charge in [0.15, 0.2) is 6.10 Å². The van der Waals surface area contributed by atoms with Crippen LogP contribution in [-0.2, 0) is 17.8 Å². The monoisotopic (exact) mass is 356 g/mol. The van der Waals surface area contributed by atoms with Crippen molar-refractivity contribution in [2.75, 3.05) is 13.1 Å². The number of amides is 1. The molecule has 1 amide bonds. The van der Waals surface area contributed by atoms with Gasteiger partial charge in [0.25, 0.3) is 5.91 Å². The van der Waals surface area contributed by atoms with Crippen LogP contribution in [0.3, 0.4) is 0 Å². The summed E-state index contributed by atoms with van der Waals surface area (Å²) in [6.45, 7) is 2.81. The zero-order valence-corrected chi connectivity index (χ0v) is 14.7. The Balaban J connectivity index is 1.29. The van der Waals surface area contributed by atoms with E-state index in [0.717, 1.165) is 37.4 Å². The minimum Gasteiger partial charge on any atom is -0.480 e. The Hall–Kier alpha value is -2.04. The number of nitrogens with zero attached hydrogens (tertiary/aromatic N) is 1. The normalized spacial score (nSPS) is 22.4. The van der Waals surface area contributed by atoms with Gasteiger partial charge in [-0.15, -0.1) is 0 Å². The predicted octanol–water partition coefficient (Wildman–Crippen LogP) is 3.03. The fourth-order valence-electron chi connectivity index (χ4n) is 3.59. The van der Waals surface area contributed by atoms with Crippen LogP contribution in [0, 0.1) is 0 Å². The second-order valence-electron chi connectivity index (χ2n) is 6.78. The molecule has 0 aliphatic carbocycles. The number of halogens is 1. The Morgan fingerprint density at radius 2 is 2.08 bits per heavy atom. The molecule has 4 nitrogen and oxygen atoms in total. The maximum absolute atomic E-state index is 12.5. The summed E-state index contributed by atoms with van der Waals surface area (Å²) in [5, 5.41) is 3.82. The van der Waals surface area contributed by atoms with Crippen molar-refractivity contribution < 1.29 is 9.53 Å². The van der Waals surface area contributed by atoms with Crippen LogP contribution in [-0.4, -0.2) is 36.0 Å². The van der Waals surface area contributed by atoms with Crippen molar-refractivity contribution in [3.63, 3.8) is 0 Å². The van der Waals surface area contributed by atoms with Gasteiger partial charge in [-0.2, -0.15) is 0 Å². The molecule has 0 saturated carbocycles. The first-order valence-corrected chi connectivity index (χ1v) is 9.07. The number of carbonyl (C=O) groups is 1. The van der Waals surface area contributed by atoms with Crippen molar-refractivity contribution in [1.82, 2.24) is 10.2 Å². The van der Waals surface area contributed by atoms with Crippen LogP contribution in [0.1, 0.15) is 17.5 Å². The van der Waals surface area contributed by atoms with E-state index in [1.807, 2.05) is 18.2 Å². The highest BCUT2D eigenvalue weighted by molar-refractivity contribution is 6.30. The number of likely N-dealkylation sites (tertiary alicyclic amines) is 1. The quantitative estimate of drug-likeness (QED) is 0.915. The summed E-state index contributed by atoms with van der Waals surface area (Å²) in [4.78, 5) is 14.9. The number of fused-ring (bicyclic) bond motifs is 1. The van der Waals surface area contributed by atoms with Crippen LogP contribution in [0.4, 0.5) is 0 Å². The van der Waals surface area contributed by atoms with E-state index >= 15 is 0 Å². The van der Waals surface area contributed by atoms with Crippen LogP contribution >= 0.6 is 11.6 Å². The maximum atomic E-state index is 12.5. The minimum atomic E-state index is -0.448. The van der Waals surface area contributed by atoms with E-state index in [4.69, 9.17) is 16.3 Å². The predicted molar refractivity (Wildman–Crippen MR) is 97.8 cm³/mol. The Bertz CT molecular complexity index is 766. The molecule has 5 heteroatoms. The first-order valence-electron chi connectivity index (χ1n) is 8.69. The molecule has 4 rings (SSSR count). The van der Waals surface area contributed by atoms with Gasteiger partial charge in [-0.25, -0.2) is 0 Å². The third-order valence-corrected chi connectivity index (χ3v) is 5.09. The molecule has 1 saturated heterocycles. The molecule has 0 bridgehead atoms. The van der Waals surface area contributed by atoms with Crippen LogP contribution in [0.2, 0.25) is 5.02 Å². The van der Waals surface area contributed by atoms with Gasteiger partial charge in [0.05, 0.1) is 0 Å². The Kier molecular flexibility index (Phi) is 4.64. The van der Waals surface area contributed by atoms with E-state index < -0.39 is 6.10 Å². The lowest BCUT2D eigenvalue weighted by atomic mass is 10.1. The van der Waals surface area contributed by atoms with Crippen molar-refractivity contribution in [3.05, 3.63) is 64.7 Å². The molecule has 2 atom stereocenters. The lowest BCUT2D eigenvalue weighted by molar-refractivity contribution is -0.127. The van der Waals surface area contributed by atoms with Gasteiger partial charge < -0.3 is 10.1 Å². The van der Waals surface area contributed by atoms with Gasteiger partial charge in [-0.05, 0) is 35.7 Å². The average molecular weight is 357 g/mol. The lowest BCUT2D eigenvalue weighted by Crippen LogP contribution is -2.44. The topological polar surface area (TPSA) is 41.6 Å². The number of benzene rings is 2. The number of carbonyl (C=O) groups excluding carboxylic acids is 1. The zero-order chi connectivity index (χ0) is 17.2. The molecule has 0 radical (unpaired) electrons. The average Bonchev–Trinajstić information content (AvgIpc) is 3.22. The van der Waals surface area contributed by atoms with Crippen molar-refractivity contribution in [1.29, 1.82) is 0 Å². The standard InChI is InChI=1S/C20H21ClN2O2/c21-16-6-7-18-15(10-16)11-19(25-18)20(24)22-17-8-9-23(13-17)12-14-4-2-1-3-5-14/h1-7,10,17,19H,8-9,11-13H2,(H,22,24)/t17-,19-/m1/s1. The third kappa shape index (κ3) is 3.80. The second kappa shape index (κ2) is 7.06. The zero-order valence-electron chi connectivity index (χ0n) is 14.0. The lowest BCUT2D eigenvalue weighted by Gasteiger charge is -2.18. The molecule has 2 aromatic rings. The fourth-order valence-corrected chi connectivity index (χ4v) is 3.79. The first kappa shape index (κ1) is 16.4. The maximum Gasteiger partial charge on any atom is 0.261 e. The largest absolute Gasteiger partial charge is 0.480 e. The molecule has 0 aromatic heterocycles. The summed E-state index contributed by atoms with van der Waals surface area (Å²) in [7, 11) is 0. The summed E-state index contributed by atoms with van der Waals surface area (Å²) < 4.78 is 5.77. The Morgan fingerprint density at radius 3 is 2.92 bits per heavy atom. The van der Waals surface area contributed by atoms with Gasteiger partial charge in [-0.1, -0.05) is 41.9 Å². The van der Waals surface area contributed by atoms with Crippen LogP contribution < -0.4 is 10.1 Å². The summed E-state index contributed by atoms with van der Waals surface area (Å²) in [6, 6.07) is 16.1. The smallest absolute Gasteiger partial charge is 0.261 e. The number of ether oxygens (including phenoxy) is 1. The van der Waals surface area contributed by atoms with E-state index in [1.54, 1.807) is 6.07 Å². The minimum absolute atomic E-state index is 0.0288. The molecule has 2 aromatic carbocycles. The van der Waals surface area contributed by atoms with Gasteiger partial charge >= 0.3 is 0 Å². The van der Waals surface area contributed by atoms with Crippen LogP contribution in [0.25, 0.3) is 0 Å². The third-order valence-electron chi connectivity index (χ3n) is 4.86. The van der Waals surface area contributed by atoms with Crippen LogP contribution in [0.5, 0.6) is 5.75 Å². The second-order valence-corrected chi connectivity index (χ2v) is 7.21. The summed E-state index contributed by atoms with van der Waals surface area (Å²) >= 11 is 6.01. The number of hydrogen-bond donors (Lipinski definition) is 1. The van der Waals surface area contributed by atoms with Gasteiger partial charge in [0, 0.05) is 37.1 Å². The molecular weight excluding hydrogens is 336 g/mol. The molecule has 0 unspecified atom stereocenters. The summed E-state index contributed by atoms with van der Waals surface area (Å²) in [5.74, 6) is 0.737.